The average molecular weight is 304 g/mol. The molecule has 0 aromatic heterocycles. The summed E-state index contributed by atoms with van der Waals surface area (Å²) in [6.45, 7) is 9.62. The van der Waals surface area contributed by atoms with Crippen molar-refractivity contribution in [1.82, 2.24) is 0 Å². The number of hydrogen-bond donors (Lipinski definition) is 2. The summed E-state index contributed by atoms with van der Waals surface area (Å²) in [6.07, 6.45) is 3.53. The molecule has 0 spiro atoms. The summed E-state index contributed by atoms with van der Waals surface area (Å²) in [5.41, 5.74) is 0.909. The van der Waals surface area contributed by atoms with Gasteiger partial charge >= 0.3 is 0 Å². The monoisotopic (exact) mass is 304 g/mol. The van der Waals surface area contributed by atoms with E-state index in [4.69, 9.17) is 4.74 Å². The van der Waals surface area contributed by atoms with Gasteiger partial charge in [-0.3, -0.25) is 0 Å². The van der Waals surface area contributed by atoms with Crippen LogP contribution in [0.5, 0.6) is 5.75 Å². The van der Waals surface area contributed by atoms with Gasteiger partial charge < -0.3 is 14.7 Å². The van der Waals surface area contributed by atoms with Gasteiger partial charge in [-0.25, -0.2) is 0 Å². The van der Waals surface area contributed by atoms with Crippen molar-refractivity contribution in [3.63, 3.8) is 0 Å². The second-order valence-electron chi connectivity index (χ2n) is 8.57. The zero-order chi connectivity index (χ0) is 15.8. The molecular weight excluding hydrogens is 274 g/mol. The maximum absolute atomic E-state index is 10.4. The molecule has 0 amide bonds. The second-order valence-corrected chi connectivity index (χ2v) is 8.57. The Morgan fingerprint density at radius 2 is 1.95 bits per heavy atom. The number of likely N-dealkylation sites (tertiary alicyclic amines) is 1. The predicted octanol–water partition coefficient (Wildman–Crippen LogP) is 1.91. The van der Waals surface area contributed by atoms with E-state index < -0.39 is 0 Å². The molecule has 122 valence electrons. The molecule has 2 aliphatic rings. The molecule has 2 fully saturated rings. The summed E-state index contributed by atoms with van der Waals surface area (Å²) in [6, 6.07) is 10.5. The Balaban J connectivity index is 1.53. The Bertz CT molecular complexity index is 501. The standard InChI is InChI=1S/C19H29NO2/c1-18(2)9-15-10-19(3,13-18)14-20(15)11-16(21)12-22-17-7-5-4-6-8-17/h4-8,15-16,21H,9-14H2,1-3H3/p+1/t15-,16-,19-/m0/s1. The third kappa shape index (κ3) is 3.64. The van der Waals surface area contributed by atoms with Gasteiger partial charge in [-0.1, -0.05) is 39.0 Å². The molecule has 2 bridgehead atoms. The minimum absolute atomic E-state index is 0.388. The number of quaternary nitrogens is 1. The second kappa shape index (κ2) is 5.86. The molecule has 3 heteroatoms. The van der Waals surface area contributed by atoms with Crippen LogP contribution in [-0.2, 0) is 0 Å². The number of nitrogens with one attached hydrogen (secondary N) is 1. The van der Waals surface area contributed by atoms with Crippen LogP contribution in [-0.4, -0.2) is 36.9 Å². The number of benzene rings is 1. The molecule has 1 unspecified atom stereocenters. The van der Waals surface area contributed by atoms with E-state index in [1.807, 2.05) is 30.3 Å². The average Bonchev–Trinajstić information content (AvgIpc) is 2.66. The van der Waals surface area contributed by atoms with E-state index >= 15 is 0 Å². The van der Waals surface area contributed by atoms with Gasteiger partial charge in [-0.2, -0.15) is 0 Å². The van der Waals surface area contributed by atoms with Gasteiger partial charge in [0.2, 0.25) is 0 Å². The summed E-state index contributed by atoms with van der Waals surface area (Å²) in [7, 11) is 0. The van der Waals surface area contributed by atoms with Gasteiger partial charge in [0.15, 0.2) is 0 Å². The summed E-state index contributed by atoms with van der Waals surface area (Å²) in [5.74, 6) is 0.838. The molecule has 1 aromatic rings. The highest BCUT2D eigenvalue weighted by atomic mass is 16.5. The molecular formula is C19H30NO2+. The number of fused-ring (bicyclic) bond motifs is 2. The van der Waals surface area contributed by atoms with E-state index in [0.29, 0.717) is 23.5 Å². The Hall–Kier alpha value is -1.06. The normalized spacial score (nSPS) is 34.4. The minimum atomic E-state index is -0.388. The van der Waals surface area contributed by atoms with Gasteiger partial charge in [0, 0.05) is 18.3 Å². The predicted molar refractivity (Wildman–Crippen MR) is 88.2 cm³/mol. The number of para-hydroxylation sites is 1. The Morgan fingerprint density at radius 3 is 2.68 bits per heavy atom. The van der Waals surface area contributed by atoms with Crippen molar-refractivity contribution in [1.29, 1.82) is 0 Å². The van der Waals surface area contributed by atoms with Crippen molar-refractivity contribution in [2.24, 2.45) is 10.8 Å². The van der Waals surface area contributed by atoms with E-state index in [9.17, 15) is 5.11 Å². The fourth-order valence-corrected chi connectivity index (χ4v) is 5.06. The third-order valence-electron chi connectivity index (χ3n) is 5.36. The van der Waals surface area contributed by atoms with Crippen LogP contribution in [0.2, 0.25) is 0 Å². The van der Waals surface area contributed by atoms with E-state index in [-0.39, 0.29) is 6.10 Å². The zero-order valence-electron chi connectivity index (χ0n) is 14.1. The summed E-state index contributed by atoms with van der Waals surface area (Å²) in [4.78, 5) is 1.58. The lowest BCUT2D eigenvalue weighted by atomic mass is 9.65. The molecule has 1 aromatic carbocycles. The SMILES string of the molecule is CC1(C)C[C@H]2C[C@](C)(C[NH+]2C[C@H](O)COc2ccccc2)C1. The van der Waals surface area contributed by atoms with Crippen LogP contribution in [0.4, 0.5) is 0 Å². The molecule has 2 N–H and O–H groups in total. The van der Waals surface area contributed by atoms with Gasteiger partial charge in [-0.15, -0.1) is 0 Å². The molecule has 1 aliphatic carbocycles. The van der Waals surface area contributed by atoms with Crippen molar-refractivity contribution in [2.75, 3.05) is 19.7 Å². The Kier molecular flexibility index (Phi) is 4.21. The molecule has 3 rings (SSSR count). The van der Waals surface area contributed by atoms with Crippen LogP contribution in [0.1, 0.15) is 40.0 Å². The van der Waals surface area contributed by atoms with Crippen molar-refractivity contribution in [2.45, 2.75) is 52.2 Å². The van der Waals surface area contributed by atoms with E-state index in [0.717, 1.165) is 12.3 Å². The van der Waals surface area contributed by atoms with Gasteiger partial charge in [-0.05, 0) is 24.0 Å². The molecule has 4 atom stereocenters. The first-order valence-corrected chi connectivity index (χ1v) is 8.56. The Morgan fingerprint density at radius 1 is 1.23 bits per heavy atom. The lowest BCUT2D eigenvalue weighted by Gasteiger charge is -2.37. The first-order valence-electron chi connectivity index (χ1n) is 8.56. The number of hydrogen-bond acceptors (Lipinski definition) is 2. The highest BCUT2D eigenvalue weighted by Crippen LogP contribution is 2.47. The highest BCUT2D eigenvalue weighted by molar-refractivity contribution is 5.20. The van der Waals surface area contributed by atoms with Crippen molar-refractivity contribution in [3.05, 3.63) is 30.3 Å². The van der Waals surface area contributed by atoms with Crippen LogP contribution < -0.4 is 9.64 Å². The van der Waals surface area contributed by atoms with Crippen LogP contribution in [0.25, 0.3) is 0 Å². The molecule has 1 aliphatic heterocycles. The molecule has 22 heavy (non-hydrogen) atoms. The lowest BCUT2D eigenvalue weighted by Crippen LogP contribution is -3.15. The van der Waals surface area contributed by atoms with Crippen molar-refractivity contribution < 1.29 is 14.7 Å². The minimum Gasteiger partial charge on any atom is -0.491 e. The van der Waals surface area contributed by atoms with Crippen LogP contribution >= 0.6 is 0 Å². The van der Waals surface area contributed by atoms with Gasteiger partial charge in [0.1, 0.15) is 25.0 Å². The summed E-state index contributed by atoms with van der Waals surface area (Å²) >= 11 is 0. The van der Waals surface area contributed by atoms with Crippen LogP contribution in [0, 0.1) is 10.8 Å². The zero-order valence-corrected chi connectivity index (χ0v) is 14.1. The van der Waals surface area contributed by atoms with Crippen molar-refractivity contribution >= 4 is 0 Å². The fourth-order valence-electron chi connectivity index (χ4n) is 5.06. The molecule has 1 saturated heterocycles. The molecule has 3 nitrogen and oxygen atoms in total. The topological polar surface area (TPSA) is 33.9 Å². The van der Waals surface area contributed by atoms with Crippen molar-refractivity contribution in [3.8, 4) is 5.75 Å². The van der Waals surface area contributed by atoms with E-state index in [2.05, 4.69) is 20.8 Å². The molecule has 1 heterocycles. The summed E-state index contributed by atoms with van der Waals surface area (Å²) in [5, 5.41) is 10.4. The highest BCUT2D eigenvalue weighted by Gasteiger charge is 2.52. The van der Waals surface area contributed by atoms with E-state index in [1.54, 1.807) is 4.90 Å². The van der Waals surface area contributed by atoms with Crippen LogP contribution in [0.15, 0.2) is 30.3 Å². The first kappa shape index (κ1) is 15.8. The maximum Gasteiger partial charge on any atom is 0.137 e. The van der Waals surface area contributed by atoms with Crippen LogP contribution in [0.3, 0.4) is 0 Å². The number of ether oxygens (including phenoxy) is 1. The van der Waals surface area contributed by atoms with Gasteiger partial charge in [0.25, 0.3) is 0 Å². The lowest BCUT2D eigenvalue weighted by molar-refractivity contribution is -0.917. The van der Waals surface area contributed by atoms with Gasteiger partial charge in [0.05, 0.1) is 12.6 Å². The first-order chi connectivity index (χ1) is 10.4. The smallest absolute Gasteiger partial charge is 0.137 e. The molecule has 0 radical (unpaired) electrons. The fraction of sp³-hybridized carbons (Fsp3) is 0.684. The number of aliphatic hydroxyl groups excluding tert-OH is 1. The largest absolute Gasteiger partial charge is 0.491 e. The maximum atomic E-state index is 10.4. The Labute approximate surface area is 134 Å². The quantitative estimate of drug-likeness (QED) is 0.871. The molecule has 1 saturated carbocycles. The third-order valence-corrected chi connectivity index (χ3v) is 5.36. The number of rotatable bonds is 5. The summed E-state index contributed by atoms with van der Waals surface area (Å²) < 4.78 is 5.69. The van der Waals surface area contributed by atoms with E-state index in [1.165, 1.54) is 25.8 Å². The number of aliphatic hydroxyl groups is 1.